The Hall–Kier alpha value is -0.710. The molecule has 0 bridgehead atoms. The van der Waals surface area contributed by atoms with Crippen molar-refractivity contribution in [2.24, 2.45) is 0 Å². The van der Waals surface area contributed by atoms with Crippen molar-refractivity contribution in [1.82, 2.24) is 9.03 Å². The molecule has 1 atom stereocenters. The number of benzene rings is 1. The Labute approximate surface area is 112 Å². The maximum absolute atomic E-state index is 11.9. The van der Waals surface area contributed by atoms with Crippen LogP contribution in [0.25, 0.3) is 0 Å². The Morgan fingerprint density at radius 3 is 2.56 bits per heavy atom. The van der Waals surface area contributed by atoms with Crippen LogP contribution in [-0.2, 0) is 11.2 Å². The average Bonchev–Trinajstić information content (AvgIpc) is 2.46. The molecule has 0 aromatic heterocycles. The summed E-state index contributed by atoms with van der Waals surface area (Å²) in [7, 11) is 0. The van der Waals surface area contributed by atoms with Crippen molar-refractivity contribution in [3.8, 4) is 0 Å². The molecule has 1 aromatic carbocycles. The molecule has 1 N–H and O–H groups in total. The molecule has 100 valence electrons. The summed E-state index contributed by atoms with van der Waals surface area (Å²) >= 11 is -0.994. The quantitative estimate of drug-likeness (QED) is 0.872. The van der Waals surface area contributed by atoms with Gasteiger partial charge in [-0.25, -0.2) is 13.2 Å². The van der Waals surface area contributed by atoms with Crippen molar-refractivity contribution >= 4 is 11.2 Å². The predicted octanol–water partition coefficient (Wildman–Crippen LogP) is 2.44. The maximum Gasteiger partial charge on any atom is 0.169 e. The Kier molecular flexibility index (Phi) is 5.35. The number of hydrogen-bond donors (Lipinski definition) is 1. The fourth-order valence-corrected chi connectivity index (χ4v) is 3.46. The van der Waals surface area contributed by atoms with Crippen molar-refractivity contribution in [3.05, 3.63) is 35.9 Å². The van der Waals surface area contributed by atoms with Gasteiger partial charge in [-0.1, -0.05) is 37.3 Å². The zero-order valence-electron chi connectivity index (χ0n) is 11.0. The van der Waals surface area contributed by atoms with Gasteiger partial charge in [0.25, 0.3) is 0 Å². The highest BCUT2D eigenvalue weighted by Gasteiger charge is 2.23. The minimum absolute atomic E-state index is 0.630. The summed E-state index contributed by atoms with van der Waals surface area (Å²) in [5.74, 6) is 0.630. The smallest absolute Gasteiger partial charge is 0.169 e. The normalized spacial score (nSPS) is 19.8. The van der Waals surface area contributed by atoms with E-state index in [1.807, 2.05) is 0 Å². The van der Waals surface area contributed by atoms with E-state index in [0.717, 1.165) is 38.9 Å². The van der Waals surface area contributed by atoms with Gasteiger partial charge in [-0.2, -0.15) is 0 Å². The number of rotatable bonds is 5. The minimum atomic E-state index is -0.994. The third-order valence-electron chi connectivity index (χ3n) is 3.43. The lowest BCUT2D eigenvalue weighted by Gasteiger charge is -2.30. The molecule has 1 unspecified atom stereocenters. The zero-order chi connectivity index (χ0) is 12.8. The van der Waals surface area contributed by atoms with E-state index in [-0.39, 0.29) is 0 Å². The van der Waals surface area contributed by atoms with Gasteiger partial charge in [0.15, 0.2) is 11.2 Å². The first kappa shape index (κ1) is 13.7. The number of nitrogens with one attached hydrogen (secondary N) is 1. The van der Waals surface area contributed by atoms with Gasteiger partial charge in [-0.3, -0.25) is 0 Å². The first-order valence-electron chi connectivity index (χ1n) is 6.76. The number of nitrogens with zero attached hydrogens (tertiary/aromatic N) is 1. The largest absolute Gasteiger partial charge is 0.225 e. The van der Waals surface area contributed by atoms with Crippen LogP contribution in [0.1, 0.15) is 37.7 Å². The average molecular weight is 266 g/mol. The molecule has 2 rings (SSSR count). The summed E-state index contributed by atoms with van der Waals surface area (Å²) in [5, 5.41) is 0. The third kappa shape index (κ3) is 3.64. The first-order chi connectivity index (χ1) is 8.81. The summed E-state index contributed by atoms with van der Waals surface area (Å²) < 4.78 is 17.0. The van der Waals surface area contributed by atoms with E-state index in [1.165, 1.54) is 5.56 Å². The molecule has 4 heteroatoms. The molecule has 1 heterocycles. The van der Waals surface area contributed by atoms with Gasteiger partial charge in [0.2, 0.25) is 0 Å². The van der Waals surface area contributed by atoms with Crippen LogP contribution >= 0.6 is 0 Å². The van der Waals surface area contributed by atoms with E-state index in [1.54, 1.807) is 0 Å². The number of hydrogen-bond acceptors (Lipinski definition) is 1. The van der Waals surface area contributed by atoms with Crippen molar-refractivity contribution in [2.45, 2.75) is 32.1 Å². The van der Waals surface area contributed by atoms with Gasteiger partial charge >= 0.3 is 0 Å². The highest BCUT2D eigenvalue weighted by Crippen LogP contribution is 2.27. The van der Waals surface area contributed by atoms with Crippen LogP contribution in [0.2, 0.25) is 0 Å². The van der Waals surface area contributed by atoms with Crippen molar-refractivity contribution in [1.29, 1.82) is 0 Å². The van der Waals surface area contributed by atoms with Gasteiger partial charge in [0.05, 0.1) is 0 Å². The fourth-order valence-electron chi connectivity index (χ4n) is 2.36. The molecule has 0 radical (unpaired) electrons. The molecular weight excluding hydrogens is 244 g/mol. The van der Waals surface area contributed by atoms with Gasteiger partial charge < -0.3 is 0 Å². The van der Waals surface area contributed by atoms with E-state index in [9.17, 15) is 4.21 Å². The molecule has 1 fully saturated rings. The second kappa shape index (κ2) is 7.02. The highest BCUT2D eigenvalue weighted by molar-refractivity contribution is 7.80. The molecular formula is C14H22N2OS. The Balaban J connectivity index is 1.83. The molecule has 18 heavy (non-hydrogen) atoms. The lowest BCUT2D eigenvalue weighted by atomic mass is 9.90. The molecule has 0 amide bonds. The fraction of sp³-hybridized carbons (Fsp3) is 0.571. The van der Waals surface area contributed by atoms with Crippen LogP contribution in [0.4, 0.5) is 0 Å². The summed E-state index contributed by atoms with van der Waals surface area (Å²) in [6, 6.07) is 10.7. The van der Waals surface area contributed by atoms with Crippen LogP contribution in [0.5, 0.6) is 0 Å². The molecule has 0 aliphatic carbocycles. The second-order valence-electron chi connectivity index (χ2n) is 4.76. The summed E-state index contributed by atoms with van der Waals surface area (Å²) in [6.07, 6.45) is 3.22. The number of piperidine rings is 1. The Bertz CT molecular complexity index is 375. The van der Waals surface area contributed by atoms with E-state index >= 15 is 0 Å². The van der Waals surface area contributed by atoms with E-state index in [4.69, 9.17) is 0 Å². The van der Waals surface area contributed by atoms with Crippen LogP contribution < -0.4 is 4.72 Å². The second-order valence-corrected chi connectivity index (χ2v) is 6.06. The van der Waals surface area contributed by atoms with Gasteiger partial charge in [-0.15, -0.1) is 0 Å². The third-order valence-corrected chi connectivity index (χ3v) is 4.72. The SMILES string of the molecule is CCCNS(=O)N1CCC(c2ccccc2)CC1. The molecule has 3 nitrogen and oxygen atoms in total. The lowest BCUT2D eigenvalue weighted by molar-refractivity contribution is 0.331. The van der Waals surface area contributed by atoms with Crippen molar-refractivity contribution in [3.63, 3.8) is 0 Å². The van der Waals surface area contributed by atoms with Gasteiger partial charge in [0.1, 0.15) is 0 Å². The first-order valence-corrected chi connectivity index (χ1v) is 7.87. The molecule has 1 aliphatic rings. The van der Waals surface area contributed by atoms with Crippen LogP contribution in [0.3, 0.4) is 0 Å². The standard InChI is InChI=1S/C14H22N2OS/c1-2-10-15-18(17)16-11-8-14(9-12-16)13-6-4-3-5-7-13/h3-7,14-15H,2,8-12H2,1H3. The summed E-state index contributed by atoms with van der Waals surface area (Å²) in [6.45, 7) is 4.75. The highest BCUT2D eigenvalue weighted by atomic mass is 32.2. The van der Waals surface area contributed by atoms with E-state index < -0.39 is 11.2 Å². The summed E-state index contributed by atoms with van der Waals surface area (Å²) in [4.78, 5) is 0. The minimum Gasteiger partial charge on any atom is -0.225 e. The zero-order valence-corrected chi connectivity index (χ0v) is 11.8. The van der Waals surface area contributed by atoms with Crippen molar-refractivity contribution < 1.29 is 4.21 Å². The monoisotopic (exact) mass is 266 g/mol. The van der Waals surface area contributed by atoms with Gasteiger partial charge in [0, 0.05) is 19.6 Å². The molecule has 1 aliphatic heterocycles. The molecule has 1 saturated heterocycles. The molecule has 0 spiro atoms. The molecule has 1 aromatic rings. The predicted molar refractivity (Wildman–Crippen MR) is 76.4 cm³/mol. The summed E-state index contributed by atoms with van der Waals surface area (Å²) in [5.41, 5.74) is 1.42. The van der Waals surface area contributed by atoms with E-state index in [0.29, 0.717) is 5.92 Å². The van der Waals surface area contributed by atoms with Crippen LogP contribution in [0, 0.1) is 0 Å². The molecule has 0 saturated carbocycles. The Morgan fingerprint density at radius 1 is 1.28 bits per heavy atom. The van der Waals surface area contributed by atoms with Crippen LogP contribution in [-0.4, -0.2) is 28.1 Å². The van der Waals surface area contributed by atoms with Crippen molar-refractivity contribution in [2.75, 3.05) is 19.6 Å². The Morgan fingerprint density at radius 2 is 1.94 bits per heavy atom. The van der Waals surface area contributed by atoms with Crippen LogP contribution in [0.15, 0.2) is 30.3 Å². The lowest BCUT2D eigenvalue weighted by Crippen LogP contribution is -2.40. The van der Waals surface area contributed by atoms with Gasteiger partial charge in [-0.05, 0) is 30.7 Å². The van der Waals surface area contributed by atoms with E-state index in [2.05, 4.69) is 46.3 Å². The topological polar surface area (TPSA) is 32.3 Å². The maximum atomic E-state index is 11.9.